The molecule has 0 aliphatic carbocycles. The SMILES string of the molecule is OCc1cc(-c2ccc3c(c2)OCCO3)ccc1OC(F)(F)F. The molecule has 0 spiro atoms. The fourth-order valence-electron chi connectivity index (χ4n) is 2.33. The number of benzene rings is 2. The van der Waals surface area contributed by atoms with Crippen LogP contribution in [0, 0.1) is 0 Å². The van der Waals surface area contributed by atoms with Crippen LogP contribution in [0.3, 0.4) is 0 Å². The molecule has 0 aromatic heterocycles. The number of ether oxygens (including phenoxy) is 3. The van der Waals surface area contributed by atoms with Crippen molar-refractivity contribution in [2.75, 3.05) is 13.2 Å². The molecule has 0 saturated carbocycles. The van der Waals surface area contributed by atoms with Crippen molar-refractivity contribution >= 4 is 0 Å². The van der Waals surface area contributed by atoms with Gasteiger partial charge in [0, 0.05) is 5.56 Å². The third kappa shape index (κ3) is 3.50. The van der Waals surface area contributed by atoms with E-state index >= 15 is 0 Å². The predicted octanol–water partition coefficient (Wildman–Crippen LogP) is 3.52. The number of rotatable bonds is 3. The number of halogens is 3. The lowest BCUT2D eigenvalue weighted by Gasteiger charge is -2.19. The molecule has 2 aromatic carbocycles. The molecular formula is C16H13F3O4. The van der Waals surface area contributed by atoms with Crippen LogP contribution in [0.4, 0.5) is 13.2 Å². The molecule has 7 heteroatoms. The highest BCUT2D eigenvalue weighted by Crippen LogP contribution is 2.36. The Balaban J connectivity index is 1.94. The molecule has 0 unspecified atom stereocenters. The lowest BCUT2D eigenvalue weighted by atomic mass is 10.0. The van der Waals surface area contributed by atoms with Gasteiger partial charge in [-0.05, 0) is 35.4 Å². The van der Waals surface area contributed by atoms with E-state index in [0.29, 0.717) is 30.3 Å². The van der Waals surface area contributed by atoms with Gasteiger partial charge in [-0.25, -0.2) is 0 Å². The van der Waals surface area contributed by atoms with Gasteiger partial charge in [0.05, 0.1) is 6.61 Å². The number of fused-ring (bicyclic) bond motifs is 1. The molecule has 1 aliphatic heterocycles. The van der Waals surface area contributed by atoms with E-state index in [9.17, 15) is 18.3 Å². The van der Waals surface area contributed by atoms with Crippen LogP contribution >= 0.6 is 0 Å². The molecule has 0 radical (unpaired) electrons. The summed E-state index contributed by atoms with van der Waals surface area (Å²) in [6, 6.07) is 9.38. The van der Waals surface area contributed by atoms with Gasteiger partial charge in [0.1, 0.15) is 19.0 Å². The van der Waals surface area contributed by atoms with Crippen LogP contribution in [0.25, 0.3) is 11.1 Å². The Morgan fingerprint density at radius 1 is 0.957 bits per heavy atom. The summed E-state index contributed by atoms with van der Waals surface area (Å²) in [6.45, 7) is 0.352. The van der Waals surface area contributed by atoms with Gasteiger partial charge in [-0.2, -0.15) is 0 Å². The lowest BCUT2D eigenvalue weighted by Crippen LogP contribution is -2.18. The van der Waals surface area contributed by atoms with Gasteiger partial charge in [0.25, 0.3) is 0 Å². The average Bonchev–Trinajstić information content (AvgIpc) is 2.53. The summed E-state index contributed by atoms with van der Waals surface area (Å²) in [6.07, 6.45) is -4.80. The first-order valence-electron chi connectivity index (χ1n) is 6.86. The second-order valence-electron chi connectivity index (χ2n) is 4.89. The van der Waals surface area contributed by atoms with Gasteiger partial charge in [-0.3, -0.25) is 0 Å². The van der Waals surface area contributed by atoms with Crippen molar-refractivity contribution in [3.05, 3.63) is 42.0 Å². The van der Waals surface area contributed by atoms with E-state index in [-0.39, 0.29) is 5.56 Å². The van der Waals surface area contributed by atoms with E-state index in [1.54, 1.807) is 18.2 Å². The lowest BCUT2D eigenvalue weighted by molar-refractivity contribution is -0.275. The van der Waals surface area contributed by atoms with Crippen LogP contribution in [-0.2, 0) is 6.61 Å². The summed E-state index contributed by atoms with van der Waals surface area (Å²) in [4.78, 5) is 0. The Kier molecular flexibility index (Phi) is 4.04. The highest BCUT2D eigenvalue weighted by Gasteiger charge is 2.32. The van der Waals surface area contributed by atoms with Crippen molar-refractivity contribution in [3.8, 4) is 28.4 Å². The third-order valence-corrected chi connectivity index (χ3v) is 3.33. The van der Waals surface area contributed by atoms with Crippen LogP contribution in [-0.4, -0.2) is 24.7 Å². The van der Waals surface area contributed by atoms with Crippen molar-refractivity contribution < 1.29 is 32.5 Å². The van der Waals surface area contributed by atoms with Gasteiger partial charge in [-0.15, -0.1) is 13.2 Å². The van der Waals surface area contributed by atoms with E-state index in [1.165, 1.54) is 18.2 Å². The van der Waals surface area contributed by atoms with E-state index in [0.717, 1.165) is 5.56 Å². The second kappa shape index (κ2) is 6.00. The minimum absolute atomic E-state index is 0.0507. The number of aliphatic hydroxyl groups excluding tert-OH is 1. The fourth-order valence-corrected chi connectivity index (χ4v) is 2.33. The highest BCUT2D eigenvalue weighted by atomic mass is 19.4. The zero-order valence-corrected chi connectivity index (χ0v) is 11.9. The van der Waals surface area contributed by atoms with Gasteiger partial charge in [-0.1, -0.05) is 12.1 Å². The first kappa shape index (κ1) is 15.5. The largest absolute Gasteiger partial charge is 0.573 e. The smallest absolute Gasteiger partial charge is 0.486 e. The molecule has 1 aliphatic rings. The Morgan fingerprint density at radius 3 is 2.30 bits per heavy atom. The van der Waals surface area contributed by atoms with Gasteiger partial charge >= 0.3 is 6.36 Å². The quantitative estimate of drug-likeness (QED) is 0.938. The van der Waals surface area contributed by atoms with Crippen LogP contribution in [0.15, 0.2) is 36.4 Å². The molecule has 0 bridgehead atoms. The average molecular weight is 326 g/mol. The molecule has 0 fully saturated rings. The molecule has 1 heterocycles. The van der Waals surface area contributed by atoms with Gasteiger partial charge < -0.3 is 19.3 Å². The highest BCUT2D eigenvalue weighted by molar-refractivity contribution is 5.69. The number of aliphatic hydroxyl groups is 1. The maximum absolute atomic E-state index is 12.3. The third-order valence-electron chi connectivity index (χ3n) is 3.33. The molecule has 0 amide bonds. The topological polar surface area (TPSA) is 47.9 Å². The van der Waals surface area contributed by atoms with Gasteiger partial charge in [0.2, 0.25) is 0 Å². The Hall–Kier alpha value is -2.41. The van der Waals surface area contributed by atoms with Crippen molar-refractivity contribution in [2.24, 2.45) is 0 Å². The first-order valence-corrected chi connectivity index (χ1v) is 6.86. The predicted molar refractivity (Wildman–Crippen MR) is 75.5 cm³/mol. The minimum atomic E-state index is -4.80. The fraction of sp³-hybridized carbons (Fsp3) is 0.250. The molecule has 1 N–H and O–H groups in total. The zero-order valence-electron chi connectivity index (χ0n) is 11.9. The van der Waals surface area contributed by atoms with E-state index in [1.807, 2.05) is 0 Å². The summed E-state index contributed by atoms with van der Waals surface area (Å²) in [5, 5.41) is 9.29. The van der Waals surface area contributed by atoms with Crippen LogP contribution in [0.2, 0.25) is 0 Å². The maximum atomic E-state index is 12.3. The normalized spacial score (nSPS) is 13.7. The number of hydrogen-bond donors (Lipinski definition) is 1. The van der Waals surface area contributed by atoms with Crippen LogP contribution < -0.4 is 14.2 Å². The van der Waals surface area contributed by atoms with E-state index in [4.69, 9.17) is 9.47 Å². The molecule has 4 nitrogen and oxygen atoms in total. The summed E-state index contributed by atoms with van der Waals surface area (Å²) >= 11 is 0. The minimum Gasteiger partial charge on any atom is -0.486 e. The molecule has 2 aromatic rings. The summed E-state index contributed by atoms with van der Waals surface area (Å²) < 4.78 is 51.8. The van der Waals surface area contributed by atoms with Crippen molar-refractivity contribution in [2.45, 2.75) is 13.0 Å². The van der Waals surface area contributed by atoms with Crippen molar-refractivity contribution in [1.82, 2.24) is 0 Å². The Labute approximate surface area is 130 Å². The second-order valence-corrected chi connectivity index (χ2v) is 4.89. The Bertz CT molecular complexity index is 713. The maximum Gasteiger partial charge on any atom is 0.573 e. The van der Waals surface area contributed by atoms with Crippen molar-refractivity contribution in [1.29, 1.82) is 0 Å². The summed E-state index contributed by atoms with van der Waals surface area (Å²) in [7, 11) is 0. The molecule has 0 atom stereocenters. The Morgan fingerprint density at radius 2 is 1.61 bits per heavy atom. The standard InChI is InChI=1S/C16H13F3O4/c17-16(18,19)23-13-3-1-10(7-12(13)9-20)11-2-4-14-15(8-11)22-6-5-21-14/h1-4,7-8,20H,5-6,9H2. The zero-order chi connectivity index (χ0) is 16.4. The van der Waals surface area contributed by atoms with Gasteiger partial charge in [0.15, 0.2) is 11.5 Å². The van der Waals surface area contributed by atoms with Crippen LogP contribution in [0.1, 0.15) is 5.56 Å². The molecule has 122 valence electrons. The van der Waals surface area contributed by atoms with Crippen molar-refractivity contribution in [3.63, 3.8) is 0 Å². The van der Waals surface area contributed by atoms with E-state index in [2.05, 4.69) is 4.74 Å². The first-order chi connectivity index (χ1) is 11.0. The monoisotopic (exact) mass is 326 g/mol. The molecule has 3 rings (SSSR count). The van der Waals surface area contributed by atoms with Crippen LogP contribution in [0.5, 0.6) is 17.2 Å². The number of hydrogen-bond acceptors (Lipinski definition) is 4. The summed E-state index contributed by atoms with van der Waals surface area (Å²) in [5.41, 5.74) is 1.43. The van der Waals surface area contributed by atoms with E-state index < -0.39 is 18.7 Å². The molecular weight excluding hydrogens is 313 g/mol. The summed E-state index contributed by atoms with van der Waals surface area (Å²) in [5.74, 6) is 0.788. The number of alkyl halides is 3. The molecule has 23 heavy (non-hydrogen) atoms. The molecule has 0 saturated heterocycles.